The van der Waals surface area contributed by atoms with Gasteiger partial charge in [0, 0.05) is 11.4 Å². The molecule has 0 aliphatic rings. The second kappa shape index (κ2) is 6.11. The fraction of sp³-hybridized carbons (Fsp3) is 0.200. The van der Waals surface area contributed by atoms with E-state index in [2.05, 4.69) is 4.72 Å². The van der Waals surface area contributed by atoms with Crippen LogP contribution in [0.15, 0.2) is 47.4 Å². The van der Waals surface area contributed by atoms with Gasteiger partial charge in [0.15, 0.2) is 0 Å². The van der Waals surface area contributed by atoms with E-state index in [1.165, 1.54) is 18.2 Å². The average Bonchev–Trinajstić information content (AvgIpc) is 2.48. The van der Waals surface area contributed by atoms with Crippen molar-refractivity contribution >= 4 is 21.4 Å². The highest BCUT2D eigenvalue weighted by Gasteiger charge is 2.33. The van der Waals surface area contributed by atoms with Crippen LogP contribution in [0.25, 0.3) is 0 Å². The fourth-order valence-corrected chi connectivity index (χ4v) is 3.03. The van der Waals surface area contributed by atoms with E-state index in [0.29, 0.717) is 6.07 Å². The van der Waals surface area contributed by atoms with Crippen molar-refractivity contribution in [1.29, 1.82) is 0 Å². The monoisotopic (exact) mass is 344 g/mol. The second-order valence-corrected chi connectivity index (χ2v) is 6.59. The first kappa shape index (κ1) is 17.1. The molecule has 0 heterocycles. The molecule has 0 fully saturated rings. The minimum atomic E-state index is -4.66. The molecular weight excluding hydrogens is 329 g/mol. The summed E-state index contributed by atoms with van der Waals surface area (Å²) in [7, 11) is -3.97. The molecule has 23 heavy (non-hydrogen) atoms. The molecule has 0 saturated heterocycles. The number of hydrogen-bond donors (Lipinski definition) is 2. The van der Waals surface area contributed by atoms with Gasteiger partial charge in [0.1, 0.15) is 0 Å². The Morgan fingerprint density at radius 1 is 1.09 bits per heavy atom. The summed E-state index contributed by atoms with van der Waals surface area (Å²) in [5.74, 6) is 0. The van der Waals surface area contributed by atoms with E-state index in [9.17, 15) is 21.6 Å². The van der Waals surface area contributed by atoms with Gasteiger partial charge in [-0.25, -0.2) is 8.42 Å². The van der Waals surface area contributed by atoms with Gasteiger partial charge in [-0.05, 0) is 42.3 Å². The number of hydrogen-bond acceptors (Lipinski definition) is 3. The lowest BCUT2D eigenvalue weighted by Crippen LogP contribution is -2.15. The van der Waals surface area contributed by atoms with Gasteiger partial charge >= 0.3 is 6.18 Å². The molecule has 0 bridgehead atoms. The van der Waals surface area contributed by atoms with Crippen molar-refractivity contribution in [2.45, 2.75) is 24.4 Å². The van der Waals surface area contributed by atoms with E-state index >= 15 is 0 Å². The highest BCUT2D eigenvalue weighted by atomic mass is 32.2. The molecule has 2 rings (SSSR count). The van der Waals surface area contributed by atoms with E-state index in [1.54, 1.807) is 12.1 Å². The van der Waals surface area contributed by atoms with Crippen LogP contribution < -0.4 is 10.5 Å². The zero-order valence-corrected chi connectivity index (χ0v) is 13.0. The molecule has 0 aliphatic heterocycles. The third kappa shape index (κ3) is 3.95. The second-order valence-electron chi connectivity index (χ2n) is 4.90. The van der Waals surface area contributed by atoms with Crippen LogP contribution in [0.3, 0.4) is 0 Å². The number of aryl methyl sites for hydroxylation is 1. The van der Waals surface area contributed by atoms with Gasteiger partial charge < -0.3 is 5.73 Å². The number of rotatable bonds is 4. The normalized spacial score (nSPS) is 12.2. The van der Waals surface area contributed by atoms with Crippen LogP contribution >= 0.6 is 0 Å². The molecule has 0 amide bonds. The highest BCUT2D eigenvalue weighted by Crippen LogP contribution is 2.35. The Morgan fingerprint density at radius 3 is 2.22 bits per heavy atom. The predicted octanol–water partition coefficient (Wildman–Crippen LogP) is 3.65. The van der Waals surface area contributed by atoms with Crippen LogP contribution in [-0.2, 0) is 22.6 Å². The summed E-state index contributed by atoms with van der Waals surface area (Å²) >= 11 is 0. The van der Waals surface area contributed by atoms with Crippen LogP contribution in [-0.4, -0.2) is 8.42 Å². The molecule has 124 valence electrons. The zero-order valence-electron chi connectivity index (χ0n) is 12.2. The summed E-state index contributed by atoms with van der Waals surface area (Å²) < 4.78 is 65.0. The number of alkyl halides is 3. The van der Waals surface area contributed by atoms with Gasteiger partial charge in [-0.1, -0.05) is 19.1 Å². The number of benzene rings is 2. The van der Waals surface area contributed by atoms with E-state index in [4.69, 9.17) is 5.73 Å². The summed E-state index contributed by atoms with van der Waals surface area (Å²) in [4.78, 5) is -0.0277. The molecule has 0 aromatic heterocycles. The summed E-state index contributed by atoms with van der Waals surface area (Å²) in [5.41, 5.74) is 4.49. The van der Waals surface area contributed by atoms with Gasteiger partial charge in [0.2, 0.25) is 0 Å². The minimum Gasteiger partial charge on any atom is -0.398 e. The van der Waals surface area contributed by atoms with E-state index in [0.717, 1.165) is 18.1 Å². The number of halogens is 3. The average molecular weight is 344 g/mol. The Kier molecular flexibility index (Phi) is 4.56. The molecule has 2 aromatic rings. The molecular formula is C15H15F3N2O2S. The summed E-state index contributed by atoms with van der Waals surface area (Å²) in [6.07, 6.45) is -3.91. The largest absolute Gasteiger partial charge is 0.418 e. The Hall–Kier alpha value is -2.22. The Labute approximate surface area is 132 Å². The Balaban J connectivity index is 2.33. The van der Waals surface area contributed by atoms with Crippen LogP contribution in [0.1, 0.15) is 18.1 Å². The first-order chi connectivity index (χ1) is 10.6. The van der Waals surface area contributed by atoms with E-state index < -0.39 is 27.5 Å². The van der Waals surface area contributed by atoms with Gasteiger partial charge in [0.25, 0.3) is 10.0 Å². The fourth-order valence-electron chi connectivity index (χ4n) is 1.98. The van der Waals surface area contributed by atoms with Crippen molar-refractivity contribution in [2.24, 2.45) is 0 Å². The third-order valence-electron chi connectivity index (χ3n) is 3.25. The van der Waals surface area contributed by atoms with Crippen molar-refractivity contribution < 1.29 is 21.6 Å². The quantitative estimate of drug-likeness (QED) is 0.832. The highest BCUT2D eigenvalue weighted by molar-refractivity contribution is 7.92. The maximum Gasteiger partial charge on any atom is 0.418 e. The standard InChI is InChI=1S/C15H15F3N2O2S/c1-2-10-3-6-12(7-4-10)23(21,22)20-11-5-8-14(19)13(9-11)15(16,17)18/h3-9,20H,2,19H2,1H3. The lowest BCUT2D eigenvalue weighted by atomic mass is 10.1. The van der Waals surface area contributed by atoms with Crippen LogP contribution in [0.4, 0.5) is 24.5 Å². The van der Waals surface area contributed by atoms with Gasteiger partial charge in [0.05, 0.1) is 10.5 Å². The Morgan fingerprint density at radius 2 is 1.70 bits per heavy atom. The zero-order chi connectivity index (χ0) is 17.3. The summed E-state index contributed by atoms with van der Waals surface area (Å²) in [6.45, 7) is 1.93. The molecule has 3 N–H and O–H groups in total. The van der Waals surface area contributed by atoms with Gasteiger partial charge in [-0.2, -0.15) is 13.2 Å². The molecule has 0 saturated carbocycles. The molecule has 4 nitrogen and oxygen atoms in total. The van der Waals surface area contributed by atoms with Crippen molar-refractivity contribution in [3.05, 3.63) is 53.6 Å². The number of anilines is 2. The molecule has 0 atom stereocenters. The predicted molar refractivity (Wildman–Crippen MR) is 82.5 cm³/mol. The molecule has 0 aliphatic carbocycles. The lowest BCUT2D eigenvalue weighted by molar-refractivity contribution is -0.136. The lowest BCUT2D eigenvalue weighted by Gasteiger charge is -2.13. The topological polar surface area (TPSA) is 72.2 Å². The van der Waals surface area contributed by atoms with Crippen molar-refractivity contribution in [1.82, 2.24) is 0 Å². The van der Waals surface area contributed by atoms with Gasteiger partial charge in [-0.3, -0.25) is 4.72 Å². The van der Waals surface area contributed by atoms with Crippen molar-refractivity contribution in [2.75, 3.05) is 10.5 Å². The van der Waals surface area contributed by atoms with Crippen LogP contribution in [0, 0.1) is 0 Å². The number of nitrogens with two attached hydrogens (primary N) is 1. The van der Waals surface area contributed by atoms with Crippen LogP contribution in [0.5, 0.6) is 0 Å². The van der Waals surface area contributed by atoms with Crippen molar-refractivity contribution in [3.8, 4) is 0 Å². The molecule has 0 unspecified atom stereocenters. The maximum atomic E-state index is 12.8. The number of nitrogens with one attached hydrogen (secondary N) is 1. The smallest absolute Gasteiger partial charge is 0.398 e. The maximum absolute atomic E-state index is 12.8. The first-order valence-electron chi connectivity index (χ1n) is 6.72. The first-order valence-corrected chi connectivity index (χ1v) is 8.20. The van der Waals surface area contributed by atoms with Crippen molar-refractivity contribution in [3.63, 3.8) is 0 Å². The van der Waals surface area contributed by atoms with Gasteiger partial charge in [-0.15, -0.1) is 0 Å². The molecule has 0 radical (unpaired) electrons. The molecule has 8 heteroatoms. The Bertz CT molecular complexity index is 800. The molecule has 2 aromatic carbocycles. The summed E-state index contributed by atoms with van der Waals surface area (Å²) in [6, 6.07) is 8.99. The number of nitrogen functional groups attached to an aromatic ring is 1. The van der Waals surface area contributed by atoms with Crippen LogP contribution in [0.2, 0.25) is 0 Å². The van der Waals surface area contributed by atoms with E-state index in [-0.39, 0.29) is 10.6 Å². The molecule has 0 spiro atoms. The SMILES string of the molecule is CCc1ccc(S(=O)(=O)Nc2ccc(N)c(C(F)(F)F)c2)cc1. The number of sulfonamides is 1. The van der Waals surface area contributed by atoms with E-state index in [1.807, 2.05) is 6.92 Å². The third-order valence-corrected chi connectivity index (χ3v) is 4.65. The minimum absolute atomic E-state index is 0.0277. The summed E-state index contributed by atoms with van der Waals surface area (Å²) in [5, 5.41) is 0.